The van der Waals surface area contributed by atoms with E-state index in [0.717, 1.165) is 6.42 Å². The maximum atomic E-state index is 11.5. The number of ether oxygens (including phenoxy) is 4. The fourth-order valence-corrected chi connectivity index (χ4v) is 7.42. The summed E-state index contributed by atoms with van der Waals surface area (Å²) in [4.78, 5) is 10.8. The Morgan fingerprint density at radius 1 is 0.860 bits per heavy atom. The molecular weight excluding hydrogens is 636 g/mol. The van der Waals surface area contributed by atoms with E-state index in [1.807, 2.05) is 77.2 Å². The highest BCUT2D eigenvalue weighted by molar-refractivity contribution is 5.67. The topological polar surface area (TPSA) is 135 Å². The highest BCUT2D eigenvalue weighted by Gasteiger charge is 2.57. The fourth-order valence-electron chi connectivity index (χ4n) is 7.42. The van der Waals surface area contributed by atoms with Gasteiger partial charge in [-0.15, -0.1) is 0 Å². The molecule has 0 aromatic heterocycles. The number of carboxylic acids is 1. The maximum absolute atomic E-state index is 11.5. The largest absolute Gasteiger partial charge is 0.481 e. The molecule has 2 aliphatic heterocycles. The molecule has 284 valence electrons. The number of aliphatic carboxylic acids is 1. The third-order valence-electron chi connectivity index (χ3n) is 10.8. The van der Waals surface area contributed by atoms with E-state index in [1.54, 1.807) is 25.3 Å². The molecule has 14 atom stereocenters. The van der Waals surface area contributed by atoms with Crippen molar-refractivity contribution in [1.29, 1.82) is 0 Å². The van der Waals surface area contributed by atoms with Crippen molar-refractivity contribution in [1.82, 2.24) is 0 Å². The number of carbonyl (C=O) groups is 1. The number of aliphatic hydroxyl groups excluding tert-OH is 3. The van der Waals surface area contributed by atoms with Gasteiger partial charge in [0.15, 0.2) is 5.79 Å². The molecular formula is C41H66O9. The summed E-state index contributed by atoms with van der Waals surface area (Å²) in [6.45, 7) is 16.2. The Morgan fingerprint density at radius 3 is 1.94 bits per heavy atom. The normalized spacial score (nSPS) is 32.7. The Kier molecular flexibility index (Phi) is 18.6. The lowest BCUT2D eigenvalue weighted by Crippen LogP contribution is -2.65. The van der Waals surface area contributed by atoms with Crippen molar-refractivity contribution in [2.24, 2.45) is 35.5 Å². The third-order valence-corrected chi connectivity index (χ3v) is 10.8. The second-order valence-electron chi connectivity index (χ2n) is 14.7. The van der Waals surface area contributed by atoms with Crippen molar-refractivity contribution in [3.8, 4) is 0 Å². The van der Waals surface area contributed by atoms with Gasteiger partial charge >= 0.3 is 5.97 Å². The summed E-state index contributed by atoms with van der Waals surface area (Å²) in [5, 5.41) is 43.3. The number of hydrogen-bond acceptors (Lipinski definition) is 8. The molecule has 0 bridgehead atoms. The third kappa shape index (κ3) is 12.4. The Balaban J connectivity index is 2.10. The molecule has 9 heteroatoms. The molecule has 0 radical (unpaired) electrons. The Hall–Kier alpha value is -2.37. The minimum atomic E-state index is -1.30. The van der Waals surface area contributed by atoms with E-state index in [9.17, 15) is 20.1 Å². The molecule has 0 saturated carbocycles. The first kappa shape index (κ1) is 43.8. The molecule has 0 unspecified atom stereocenters. The second kappa shape index (κ2) is 21.2. The predicted octanol–water partition coefficient (Wildman–Crippen LogP) is 6.80. The van der Waals surface area contributed by atoms with Gasteiger partial charge in [0, 0.05) is 44.3 Å². The van der Waals surface area contributed by atoms with Crippen LogP contribution in [0.2, 0.25) is 0 Å². The van der Waals surface area contributed by atoms with Gasteiger partial charge in [-0.05, 0) is 38.5 Å². The van der Waals surface area contributed by atoms with Crippen molar-refractivity contribution >= 4 is 5.97 Å². The van der Waals surface area contributed by atoms with Gasteiger partial charge in [0.2, 0.25) is 0 Å². The summed E-state index contributed by atoms with van der Waals surface area (Å²) in [6, 6.07) is 0. The van der Waals surface area contributed by atoms with E-state index in [-0.39, 0.29) is 54.1 Å². The standard InChI is InChI=1S/C41H66O9/c1-11-26(2)22-28(4)38(46)32(8)40-30(6)34(48-10)25-41(50-40)35(42)23-29(5)39(49-41)31(7)37(45)27(3)20-18-16-14-12-13-15-17-19-21-33(47-9)24-36(43)44/h11-21,27-35,37-40,42,45-46H,22-25H2,1-10H3,(H,43,44)/b13-12-,16-14+,17-15+,20-18-,21-19-,26-11+/t27-,28-,29-,30+,31-,32+,33-,34+,35-,37-,38-,39-,40-,41+/m0/s1. The average Bonchev–Trinajstić information content (AvgIpc) is 3.09. The first-order chi connectivity index (χ1) is 23.6. The SMILES string of the molecule is C/C=C(\C)C[C@H](C)[C@H](O)[C@@H](C)[C@H]1O[C@@]2(C[C@@H](OC)[C@H]1C)O[C@H]([C@@H](C)[C@@H](O)[C@@H](C)\C=C/C=C/C=C\C=C\C=C/[C@@H](CC(=O)O)OC)[C@@H](C)C[C@@H]2O. The molecule has 0 amide bonds. The van der Waals surface area contributed by atoms with Gasteiger partial charge in [-0.1, -0.05) is 114 Å². The van der Waals surface area contributed by atoms with Crippen LogP contribution in [0, 0.1) is 35.5 Å². The molecule has 4 N–H and O–H groups in total. The minimum absolute atomic E-state index is 0.0174. The van der Waals surface area contributed by atoms with Crippen molar-refractivity contribution < 1.29 is 44.2 Å². The maximum Gasteiger partial charge on any atom is 0.306 e. The van der Waals surface area contributed by atoms with E-state index in [0.29, 0.717) is 12.8 Å². The summed E-state index contributed by atoms with van der Waals surface area (Å²) in [5.74, 6) is -2.87. The van der Waals surface area contributed by atoms with Crippen LogP contribution in [0.25, 0.3) is 0 Å². The molecule has 2 aliphatic rings. The van der Waals surface area contributed by atoms with Crippen molar-refractivity contribution in [2.45, 2.75) is 130 Å². The lowest BCUT2D eigenvalue weighted by molar-refractivity contribution is -0.391. The zero-order valence-electron chi connectivity index (χ0n) is 32.0. The molecule has 0 aromatic rings. The first-order valence-corrected chi connectivity index (χ1v) is 18.3. The molecule has 50 heavy (non-hydrogen) atoms. The van der Waals surface area contributed by atoms with Crippen molar-refractivity contribution in [3.63, 3.8) is 0 Å². The molecule has 2 saturated heterocycles. The van der Waals surface area contributed by atoms with Crippen LogP contribution in [0.3, 0.4) is 0 Å². The van der Waals surface area contributed by atoms with Crippen LogP contribution < -0.4 is 0 Å². The lowest BCUT2D eigenvalue weighted by Gasteiger charge is -2.56. The summed E-state index contributed by atoms with van der Waals surface area (Å²) in [7, 11) is 3.16. The van der Waals surface area contributed by atoms with Gasteiger partial charge in [0.1, 0.15) is 6.10 Å². The lowest BCUT2D eigenvalue weighted by atomic mass is 9.74. The van der Waals surface area contributed by atoms with Gasteiger partial charge < -0.3 is 39.4 Å². The Labute approximate surface area is 301 Å². The van der Waals surface area contributed by atoms with Gasteiger partial charge in [-0.2, -0.15) is 0 Å². The van der Waals surface area contributed by atoms with Gasteiger partial charge in [-0.3, -0.25) is 4.79 Å². The fraction of sp³-hybridized carbons (Fsp3) is 0.683. The first-order valence-electron chi connectivity index (χ1n) is 18.3. The second-order valence-corrected chi connectivity index (χ2v) is 14.7. The molecule has 2 fully saturated rings. The summed E-state index contributed by atoms with van der Waals surface area (Å²) in [5.41, 5.74) is 1.23. The van der Waals surface area contributed by atoms with Crippen LogP contribution in [0.15, 0.2) is 72.4 Å². The number of rotatable bonds is 18. The molecule has 0 aromatic carbocycles. The average molecular weight is 703 g/mol. The van der Waals surface area contributed by atoms with E-state index < -0.39 is 42.3 Å². The van der Waals surface area contributed by atoms with Crippen LogP contribution in [-0.2, 0) is 23.7 Å². The smallest absolute Gasteiger partial charge is 0.306 e. The van der Waals surface area contributed by atoms with Crippen LogP contribution in [0.5, 0.6) is 0 Å². The zero-order chi connectivity index (χ0) is 37.6. The van der Waals surface area contributed by atoms with Crippen molar-refractivity contribution in [2.75, 3.05) is 14.2 Å². The molecule has 0 aliphatic carbocycles. The number of aliphatic hydroxyl groups is 3. The van der Waals surface area contributed by atoms with Crippen LogP contribution in [0.1, 0.15) is 81.1 Å². The highest BCUT2D eigenvalue weighted by atomic mass is 16.7. The monoisotopic (exact) mass is 702 g/mol. The van der Waals surface area contributed by atoms with E-state index >= 15 is 0 Å². The summed E-state index contributed by atoms with van der Waals surface area (Å²) >= 11 is 0. The number of carboxylic acid groups (broad SMARTS) is 1. The summed E-state index contributed by atoms with van der Waals surface area (Å²) < 4.78 is 24.6. The Bertz CT molecular complexity index is 1200. The molecule has 2 heterocycles. The minimum Gasteiger partial charge on any atom is -0.481 e. The molecule has 2 rings (SSSR count). The molecule has 1 spiro atoms. The quantitative estimate of drug-likeness (QED) is 0.0899. The van der Waals surface area contributed by atoms with E-state index in [2.05, 4.69) is 26.8 Å². The zero-order valence-corrected chi connectivity index (χ0v) is 32.0. The number of methoxy groups -OCH3 is 2. The van der Waals surface area contributed by atoms with Crippen LogP contribution in [-0.4, -0.2) is 89.1 Å². The number of allylic oxidation sites excluding steroid dienone is 10. The van der Waals surface area contributed by atoms with E-state index in [1.165, 1.54) is 12.7 Å². The van der Waals surface area contributed by atoms with Crippen LogP contribution >= 0.6 is 0 Å². The van der Waals surface area contributed by atoms with Gasteiger partial charge in [-0.25, -0.2) is 0 Å². The predicted molar refractivity (Wildman–Crippen MR) is 198 cm³/mol. The van der Waals surface area contributed by atoms with Crippen molar-refractivity contribution in [3.05, 3.63) is 72.4 Å². The summed E-state index contributed by atoms with van der Waals surface area (Å²) in [6.07, 6.45) is 18.4. The highest BCUT2D eigenvalue weighted by Crippen LogP contribution is 2.47. The van der Waals surface area contributed by atoms with E-state index in [4.69, 9.17) is 24.1 Å². The molecule has 9 nitrogen and oxygen atoms in total. The van der Waals surface area contributed by atoms with Gasteiger partial charge in [0.25, 0.3) is 0 Å². The number of hydrogen-bond donors (Lipinski definition) is 4. The van der Waals surface area contributed by atoms with Gasteiger partial charge in [0.05, 0.1) is 43.0 Å². The Morgan fingerprint density at radius 2 is 1.40 bits per heavy atom. The van der Waals surface area contributed by atoms with Crippen LogP contribution in [0.4, 0.5) is 0 Å².